The molecule has 0 radical (unpaired) electrons. The van der Waals surface area contributed by atoms with Crippen LogP contribution < -0.4 is 0 Å². The molecule has 0 amide bonds. The summed E-state index contributed by atoms with van der Waals surface area (Å²) < 4.78 is 2.54. The van der Waals surface area contributed by atoms with Crippen LogP contribution in [0.1, 0.15) is 0 Å². The van der Waals surface area contributed by atoms with Gasteiger partial charge in [0, 0.05) is 0 Å². The largest absolute Gasteiger partial charge is 0.394 e. The summed E-state index contributed by atoms with van der Waals surface area (Å²) in [5.74, 6) is 0. The van der Waals surface area contributed by atoms with Crippen molar-refractivity contribution in [2.75, 3.05) is 6.61 Å². The van der Waals surface area contributed by atoms with Gasteiger partial charge >= 0.3 is 0 Å². The highest BCUT2D eigenvalue weighted by molar-refractivity contribution is 9.10. The molecule has 0 spiro atoms. The maximum Gasteiger partial charge on any atom is 0.254 e. The average Bonchev–Trinajstić information content (AvgIpc) is 2.08. The SMILES string of the molecule is OC[C@H]1O[C@](O)(Br)[C@H](O)[C@@H](O)[C@@H]1O. The molecule has 0 unspecified atom stereocenters. The molecule has 1 aliphatic heterocycles. The summed E-state index contributed by atoms with van der Waals surface area (Å²) in [5, 5.41) is 45.6. The van der Waals surface area contributed by atoms with Gasteiger partial charge in [0.2, 0.25) is 0 Å². The highest BCUT2D eigenvalue weighted by Gasteiger charge is 2.51. The Hall–Kier alpha value is 0.240. The Kier molecular flexibility index (Phi) is 3.29. The van der Waals surface area contributed by atoms with E-state index in [1.807, 2.05) is 0 Å². The summed E-state index contributed by atoms with van der Waals surface area (Å²) in [6.45, 7) is -0.571. The fraction of sp³-hybridized carbons (Fsp3) is 1.00. The molecule has 1 fully saturated rings. The van der Waals surface area contributed by atoms with Gasteiger partial charge < -0.3 is 30.3 Å². The fourth-order valence-corrected chi connectivity index (χ4v) is 1.63. The summed E-state index contributed by atoms with van der Waals surface area (Å²) in [6.07, 6.45) is -5.82. The molecule has 0 aromatic heterocycles. The standard InChI is InChI=1S/C6H11BrO6/c7-6(12)5(11)4(10)3(9)2(1-8)13-6/h2-5,8-12H,1H2/t2-,3-,4+,5-,6+/m1/s1. The van der Waals surface area contributed by atoms with Gasteiger partial charge in [-0.25, -0.2) is 0 Å². The highest BCUT2D eigenvalue weighted by Crippen LogP contribution is 2.32. The average molecular weight is 259 g/mol. The summed E-state index contributed by atoms with van der Waals surface area (Å²) in [5.41, 5.74) is 0. The Morgan fingerprint density at radius 1 is 1.23 bits per heavy atom. The van der Waals surface area contributed by atoms with Crippen LogP contribution in [0.2, 0.25) is 0 Å². The molecule has 1 aliphatic rings. The molecule has 7 heteroatoms. The molecule has 13 heavy (non-hydrogen) atoms. The summed E-state index contributed by atoms with van der Waals surface area (Å²) in [6, 6.07) is 0. The number of alkyl halides is 1. The predicted molar refractivity (Wildman–Crippen MR) is 43.9 cm³/mol. The first-order chi connectivity index (χ1) is 5.90. The first kappa shape index (κ1) is 11.3. The normalized spacial score (nSPS) is 52.2. The van der Waals surface area contributed by atoms with Gasteiger partial charge in [-0.1, -0.05) is 0 Å². The summed E-state index contributed by atoms with van der Waals surface area (Å²) in [4.78, 5) is 0. The van der Waals surface area contributed by atoms with Crippen LogP contribution in [-0.4, -0.2) is 61.3 Å². The number of hydrogen-bond acceptors (Lipinski definition) is 6. The minimum atomic E-state index is -2.14. The smallest absolute Gasteiger partial charge is 0.254 e. The van der Waals surface area contributed by atoms with Crippen LogP contribution in [0.25, 0.3) is 0 Å². The van der Waals surface area contributed by atoms with Crippen molar-refractivity contribution in [2.24, 2.45) is 0 Å². The second kappa shape index (κ2) is 3.77. The van der Waals surface area contributed by atoms with Gasteiger partial charge in [0.25, 0.3) is 4.70 Å². The van der Waals surface area contributed by atoms with E-state index in [9.17, 15) is 20.4 Å². The van der Waals surface area contributed by atoms with E-state index in [1.165, 1.54) is 0 Å². The van der Waals surface area contributed by atoms with Crippen molar-refractivity contribution in [3.05, 3.63) is 0 Å². The molecule has 0 bridgehead atoms. The topological polar surface area (TPSA) is 110 Å². The van der Waals surface area contributed by atoms with Crippen LogP contribution >= 0.6 is 15.9 Å². The van der Waals surface area contributed by atoms with E-state index in [2.05, 4.69) is 20.7 Å². The number of ether oxygens (including phenoxy) is 1. The lowest BCUT2D eigenvalue weighted by Crippen LogP contribution is -2.62. The van der Waals surface area contributed by atoms with E-state index in [-0.39, 0.29) is 0 Å². The Labute approximate surface area is 82.5 Å². The minimum Gasteiger partial charge on any atom is -0.394 e. The van der Waals surface area contributed by atoms with Crippen LogP contribution in [0.3, 0.4) is 0 Å². The van der Waals surface area contributed by atoms with Crippen LogP contribution in [0.15, 0.2) is 0 Å². The van der Waals surface area contributed by atoms with Gasteiger partial charge in [0.15, 0.2) is 0 Å². The zero-order valence-corrected chi connectivity index (χ0v) is 8.12. The Morgan fingerprint density at radius 2 is 1.77 bits per heavy atom. The number of halogens is 1. The zero-order chi connectivity index (χ0) is 10.2. The molecule has 6 nitrogen and oxygen atoms in total. The minimum absolute atomic E-state index is 0.571. The van der Waals surface area contributed by atoms with Crippen molar-refractivity contribution in [1.82, 2.24) is 0 Å². The van der Waals surface area contributed by atoms with E-state index in [4.69, 9.17) is 5.11 Å². The molecule has 0 aromatic rings. The van der Waals surface area contributed by atoms with Crippen LogP contribution in [0, 0.1) is 0 Å². The molecule has 0 saturated carbocycles. The van der Waals surface area contributed by atoms with E-state index in [1.54, 1.807) is 0 Å². The maximum absolute atomic E-state index is 9.29. The van der Waals surface area contributed by atoms with Gasteiger partial charge in [-0.3, -0.25) is 0 Å². The third-order valence-corrected chi connectivity index (χ3v) is 2.57. The molecule has 1 heterocycles. The lowest BCUT2D eigenvalue weighted by atomic mass is 9.99. The molecule has 78 valence electrons. The molecule has 0 aliphatic carbocycles. The summed E-state index contributed by atoms with van der Waals surface area (Å²) in [7, 11) is 0. The molecule has 1 saturated heterocycles. The van der Waals surface area contributed by atoms with Crippen molar-refractivity contribution >= 4 is 15.9 Å². The van der Waals surface area contributed by atoms with E-state index in [0.29, 0.717) is 0 Å². The number of aliphatic hydroxyl groups excluding tert-OH is 4. The fourth-order valence-electron chi connectivity index (χ4n) is 1.11. The first-order valence-corrected chi connectivity index (χ1v) is 4.43. The van der Waals surface area contributed by atoms with Gasteiger partial charge in [-0.2, -0.15) is 0 Å². The van der Waals surface area contributed by atoms with Gasteiger partial charge in [0.05, 0.1) is 6.61 Å². The van der Waals surface area contributed by atoms with Crippen LogP contribution in [-0.2, 0) is 4.74 Å². The van der Waals surface area contributed by atoms with E-state index < -0.39 is 35.7 Å². The molecule has 5 N–H and O–H groups in total. The number of hydrogen-bond donors (Lipinski definition) is 5. The van der Waals surface area contributed by atoms with Crippen molar-refractivity contribution in [2.45, 2.75) is 29.1 Å². The van der Waals surface area contributed by atoms with Gasteiger partial charge in [-0.15, -0.1) is 0 Å². The molecule has 5 atom stereocenters. The summed E-state index contributed by atoms with van der Waals surface area (Å²) >= 11 is 2.61. The predicted octanol–water partition coefficient (Wildman–Crippen LogP) is -2.50. The van der Waals surface area contributed by atoms with E-state index in [0.717, 1.165) is 0 Å². The quantitative estimate of drug-likeness (QED) is 0.333. The molecule has 0 aromatic carbocycles. The number of rotatable bonds is 1. The van der Waals surface area contributed by atoms with Gasteiger partial charge in [-0.05, 0) is 15.9 Å². The van der Waals surface area contributed by atoms with Crippen molar-refractivity contribution in [3.63, 3.8) is 0 Å². The first-order valence-electron chi connectivity index (χ1n) is 3.64. The Morgan fingerprint density at radius 3 is 2.23 bits per heavy atom. The Bertz CT molecular complexity index is 184. The molecular weight excluding hydrogens is 248 g/mol. The lowest BCUT2D eigenvalue weighted by Gasteiger charge is -2.42. The van der Waals surface area contributed by atoms with Crippen LogP contribution in [0.4, 0.5) is 0 Å². The van der Waals surface area contributed by atoms with Crippen LogP contribution in [0.5, 0.6) is 0 Å². The zero-order valence-electron chi connectivity index (χ0n) is 6.54. The third-order valence-electron chi connectivity index (χ3n) is 1.92. The van der Waals surface area contributed by atoms with Crippen molar-refractivity contribution in [3.8, 4) is 0 Å². The second-order valence-corrected chi connectivity index (χ2v) is 4.01. The second-order valence-electron chi connectivity index (χ2n) is 2.87. The number of aliphatic hydroxyl groups is 5. The monoisotopic (exact) mass is 258 g/mol. The molecular formula is C6H11BrO6. The third kappa shape index (κ3) is 2.01. The lowest BCUT2D eigenvalue weighted by molar-refractivity contribution is -0.301. The van der Waals surface area contributed by atoms with E-state index >= 15 is 0 Å². The maximum atomic E-state index is 9.29. The van der Waals surface area contributed by atoms with Crippen molar-refractivity contribution in [1.29, 1.82) is 0 Å². The van der Waals surface area contributed by atoms with Gasteiger partial charge in [0.1, 0.15) is 24.4 Å². The highest BCUT2D eigenvalue weighted by atomic mass is 79.9. The van der Waals surface area contributed by atoms with Crippen molar-refractivity contribution < 1.29 is 30.3 Å². The Balaban J connectivity index is 2.79. The molecule has 1 rings (SSSR count).